The minimum absolute atomic E-state index is 0.297. The molecule has 1 N–H and O–H groups in total. The molecular weight excluding hydrogens is 246 g/mol. The molecule has 0 saturated heterocycles. The fraction of sp³-hybridized carbons (Fsp3) is 0.636. The molecule has 0 rings (SSSR count). The molecule has 5 nitrogen and oxygen atoms in total. The van der Waals surface area contributed by atoms with Crippen LogP contribution in [0.2, 0.25) is 0 Å². The predicted molar refractivity (Wildman–Crippen MR) is 67.3 cm³/mol. The van der Waals surface area contributed by atoms with E-state index in [0.29, 0.717) is 12.2 Å². The third-order valence-corrected chi connectivity index (χ3v) is 1.67. The summed E-state index contributed by atoms with van der Waals surface area (Å²) in [5.41, 5.74) is 0.458. The maximum absolute atomic E-state index is 10.9. The molecule has 0 aliphatic rings. The van der Waals surface area contributed by atoms with Gasteiger partial charge in [-0.2, -0.15) is 0 Å². The number of carboxylic acid groups (broad SMARTS) is 1. The van der Waals surface area contributed by atoms with E-state index in [1.807, 2.05) is 14.1 Å². The van der Waals surface area contributed by atoms with Crippen LogP contribution in [-0.2, 0) is 14.3 Å². The molecule has 0 bridgehead atoms. The van der Waals surface area contributed by atoms with Gasteiger partial charge in [0.15, 0.2) is 0 Å². The van der Waals surface area contributed by atoms with E-state index in [1.165, 1.54) is 0 Å². The van der Waals surface area contributed by atoms with Crippen molar-refractivity contribution in [1.82, 2.24) is 4.90 Å². The first-order valence-corrected chi connectivity index (χ1v) is 5.59. The summed E-state index contributed by atoms with van der Waals surface area (Å²) in [6.45, 7) is 6.54. The van der Waals surface area contributed by atoms with E-state index in [9.17, 15) is 9.59 Å². The van der Waals surface area contributed by atoms with Crippen LogP contribution in [0.25, 0.3) is 0 Å². The summed E-state index contributed by atoms with van der Waals surface area (Å²) in [6.07, 6.45) is 0.867. The summed E-state index contributed by atoms with van der Waals surface area (Å²) >= 11 is 4.74. The van der Waals surface area contributed by atoms with Gasteiger partial charge in [0.2, 0.25) is 0 Å². The summed E-state index contributed by atoms with van der Waals surface area (Å²) in [4.78, 5) is 22.1. The highest BCUT2D eigenvalue weighted by atomic mass is 35.5. The van der Waals surface area contributed by atoms with E-state index < -0.39 is 5.97 Å². The predicted octanol–water partition coefficient (Wildman–Crippen LogP) is 1.37. The van der Waals surface area contributed by atoms with E-state index in [0.717, 1.165) is 13.0 Å². The van der Waals surface area contributed by atoms with Gasteiger partial charge < -0.3 is 14.7 Å². The standard InChI is InChI=1S/C9H17NO2.C2H3ClO2/c1-8(2)9(11)12-7-5-6-10(3)4;3-1-2(4)5/h1,5-7H2,2-4H3;1H2,(H,4,5). The van der Waals surface area contributed by atoms with E-state index in [1.54, 1.807) is 6.92 Å². The molecule has 6 heteroatoms. The molecule has 0 aromatic heterocycles. The third kappa shape index (κ3) is 17.5. The molecule has 0 aromatic rings. The van der Waals surface area contributed by atoms with Crippen molar-refractivity contribution in [1.29, 1.82) is 0 Å². The minimum atomic E-state index is -0.980. The molecule has 17 heavy (non-hydrogen) atoms. The monoisotopic (exact) mass is 265 g/mol. The van der Waals surface area contributed by atoms with Crippen LogP contribution in [0.5, 0.6) is 0 Å². The number of esters is 1. The average molecular weight is 266 g/mol. The lowest BCUT2D eigenvalue weighted by molar-refractivity contribution is -0.139. The van der Waals surface area contributed by atoms with Crippen LogP contribution in [0, 0.1) is 0 Å². The number of carboxylic acids is 1. The number of halogens is 1. The fourth-order valence-electron chi connectivity index (χ4n) is 0.669. The first-order chi connectivity index (χ1) is 7.81. The molecule has 0 aromatic carbocycles. The molecular formula is C11H20ClNO4. The molecule has 0 heterocycles. The summed E-state index contributed by atoms with van der Waals surface area (Å²) in [5.74, 6) is -1.58. The second-order valence-electron chi connectivity index (χ2n) is 3.60. The largest absolute Gasteiger partial charge is 0.480 e. The normalized spacial score (nSPS) is 9.24. The average Bonchev–Trinajstić information content (AvgIpc) is 2.24. The van der Waals surface area contributed by atoms with Crippen LogP contribution < -0.4 is 0 Å². The van der Waals surface area contributed by atoms with Crippen molar-refractivity contribution in [3.63, 3.8) is 0 Å². The van der Waals surface area contributed by atoms with Crippen molar-refractivity contribution in [3.05, 3.63) is 12.2 Å². The lowest BCUT2D eigenvalue weighted by atomic mass is 10.3. The van der Waals surface area contributed by atoms with Crippen molar-refractivity contribution in [2.24, 2.45) is 0 Å². The number of hydrogen-bond acceptors (Lipinski definition) is 4. The van der Waals surface area contributed by atoms with Gasteiger partial charge in [0.05, 0.1) is 6.61 Å². The maximum atomic E-state index is 10.9. The zero-order valence-electron chi connectivity index (χ0n) is 10.5. The number of rotatable bonds is 6. The van der Waals surface area contributed by atoms with Gasteiger partial charge in [0.25, 0.3) is 0 Å². The first-order valence-electron chi connectivity index (χ1n) is 5.06. The molecule has 0 amide bonds. The summed E-state index contributed by atoms with van der Waals surface area (Å²) < 4.78 is 4.89. The summed E-state index contributed by atoms with van der Waals surface area (Å²) in [5, 5.41) is 7.59. The highest BCUT2D eigenvalue weighted by Gasteiger charge is 2.01. The third-order valence-electron chi connectivity index (χ3n) is 1.45. The van der Waals surface area contributed by atoms with Crippen LogP contribution in [0.3, 0.4) is 0 Å². The van der Waals surface area contributed by atoms with Gasteiger partial charge in [-0.05, 0) is 27.4 Å². The Bertz CT molecular complexity index is 254. The Morgan fingerprint density at radius 2 is 1.88 bits per heavy atom. The number of ether oxygens (including phenoxy) is 1. The Labute approximate surface area is 107 Å². The van der Waals surface area contributed by atoms with E-state index in [4.69, 9.17) is 21.4 Å². The molecule has 0 unspecified atom stereocenters. The van der Waals surface area contributed by atoms with Crippen molar-refractivity contribution in [2.75, 3.05) is 33.1 Å². The topological polar surface area (TPSA) is 66.8 Å². The van der Waals surface area contributed by atoms with Crippen LogP contribution in [-0.4, -0.2) is 55.1 Å². The van der Waals surface area contributed by atoms with E-state index in [-0.39, 0.29) is 11.8 Å². The zero-order valence-corrected chi connectivity index (χ0v) is 11.3. The Morgan fingerprint density at radius 3 is 2.18 bits per heavy atom. The highest BCUT2D eigenvalue weighted by Crippen LogP contribution is 1.93. The first kappa shape index (κ1) is 18.3. The summed E-state index contributed by atoms with van der Waals surface area (Å²) in [6, 6.07) is 0. The number of aliphatic carboxylic acids is 1. The lowest BCUT2D eigenvalue weighted by Gasteiger charge is -2.09. The quantitative estimate of drug-likeness (QED) is 0.340. The fourth-order valence-corrected chi connectivity index (χ4v) is 0.669. The molecule has 0 radical (unpaired) electrons. The van der Waals surface area contributed by atoms with Crippen LogP contribution in [0.4, 0.5) is 0 Å². The summed E-state index contributed by atoms with van der Waals surface area (Å²) in [7, 11) is 3.97. The van der Waals surface area contributed by atoms with Gasteiger partial charge in [-0.15, -0.1) is 11.6 Å². The Balaban J connectivity index is 0. The molecule has 0 atom stereocenters. The molecule has 0 saturated carbocycles. The number of alkyl halides is 1. The highest BCUT2D eigenvalue weighted by molar-refractivity contribution is 6.26. The second kappa shape index (κ2) is 11.4. The van der Waals surface area contributed by atoms with Gasteiger partial charge in [-0.1, -0.05) is 6.58 Å². The second-order valence-corrected chi connectivity index (χ2v) is 3.87. The van der Waals surface area contributed by atoms with Crippen molar-refractivity contribution >= 4 is 23.5 Å². The number of carbonyl (C=O) groups is 2. The number of nitrogens with zero attached hydrogens (tertiary/aromatic N) is 1. The smallest absolute Gasteiger partial charge is 0.333 e. The van der Waals surface area contributed by atoms with Crippen molar-refractivity contribution in [2.45, 2.75) is 13.3 Å². The van der Waals surface area contributed by atoms with Crippen LogP contribution in [0.15, 0.2) is 12.2 Å². The number of hydrogen-bond donors (Lipinski definition) is 1. The van der Waals surface area contributed by atoms with Crippen LogP contribution >= 0.6 is 11.6 Å². The SMILES string of the molecule is C=C(C)C(=O)OCCCN(C)C.O=C(O)CCl. The Kier molecular flexibility index (Phi) is 12.3. The van der Waals surface area contributed by atoms with Crippen molar-refractivity contribution in [3.8, 4) is 0 Å². The molecule has 0 aliphatic heterocycles. The molecule has 100 valence electrons. The zero-order chi connectivity index (χ0) is 13.8. The Morgan fingerprint density at radius 1 is 1.41 bits per heavy atom. The number of carbonyl (C=O) groups excluding carboxylic acids is 1. The van der Waals surface area contributed by atoms with E-state index in [2.05, 4.69) is 11.5 Å². The maximum Gasteiger partial charge on any atom is 0.333 e. The lowest BCUT2D eigenvalue weighted by Crippen LogP contribution is -2.16. The molecule has 0 fully saturated rings. The van der Waals surface area contributed by atoms with Gasteiger partial charge in [-0.3, -0.25) is 4.79 Å². The molecule has 0 spiro atoms. The van der Waals surface area contributed by atoms with Gasteiger partial charge in [-0.25, -0.2) is 4.79 Å². The van der Waals surface area contributed by atoms with E-state index >= 15 is 0 Å². The van der Waals surface area contributed by atoms with Gasteiger partial charge in [0.1, 0.15) is 5.88 Å². The Hall–Kier alpha value is -1.07. The van der Waals surface area contributed by atoms with Gasteiger partial charge in [0, 0.05) is 12.1 Å². The van der Waals surface area contributed by atoms with Crippen molar-refractivity contribution < 1.29 is 19.4 Å². The molecule has 0 aliphatic carbocycles. The minimum Gasteiger partial charge on any atom is -0.480 e. The van der Waals surface area contributed by atoms with Gasteiger partial charge >= 0.3 is 11.9 Å². The van der Waals surface area contributed by atoms with Crippen LogP contribution in [0.1, 0.15) is 13.3 Å².